The maximum atomic E-state index is 13.5. The van der Waals surface area contributed by atoms with E-state index >= 15 is 0 Å². The van der Waals surface area contributed by atoms with Gasteiger partial charge in [-0.05, 0) is 11.1 Å². The minimum Gasteiger partial charge on any atom is -0.293 e. The Morgan fingerprint density at radius 1 is 0.889 bits per heavy atom. The highest BCUT2D eigenvalue weighted by Gasteiger charge is 2.37. The quantitative estimate of drug-likeness (QED) is 0.799. The van der Waals surface area contributed by atoms with Gasteiger partial charge >= 0.3 is 5.92 Å². The molecule has 1 nitrogen and oxygen atoms in total. The van der Waals surface area contributed by atoms with Crippen LogP contribution in [0, 0.1) is 0 Å². The molecule has 0 aliphatic carbocycles. The van der Waals surface area contributed by atoms with Gasteiger partial charge in [-0.1, -0.05) is 54.6 Å². The Hall–Kier alpha value is -2.03. The van der Waals surface area contributed by atoms with Gasteiger partial charge < -0.3 is 0 Å². The Bertz CT molecular complexity index is 544. The number of hydrogen-bond donors (Lipinski definition) is 0. The number of carbonyl (C=O) groups is 1. The zero-order valence-electron chi connectivity index (χ0n) is 9.86. The van der Waals surface area contributed by atoms with Gasteiger partial charge in [0.05, 0.1) is 0 Å². The van der Waals surface area contributed by atoms with Crippen molar-refractivity contribution in [2.75, 3.05) is 0 Å². The fourth-order valence-corrected chi connectivity index (χ4v) is 1.71. The van der Waals surface area contributed by atoms with E-state index in [1.807, 2.05) is 30.3 Å². The van der Waals surface area contributed by atoms with Gasteiger partial charge in [0, 0.05) is 12.5 Å². The number of alkyl halides is 2. The third-order valence-corrected chi connectivity index (χ3v) is 2.80. The third-order valence-electron chi connectivity index (χ3n) is 2.80. The van der Waals surface area contributed by atoms with Crippen LogP contribution in [0.25, 0.3) is 11.1 Å². The summed E-state index contributed by atoms with van der Waals surface area (Å²) < 4.78 is 26.9. The van der Waals surface area contributed by atoms with Crippen LogP contribution in [0.5, 0.6) is 0 Å². The van der Waals surface area contributed by atoms with Crippen molar-refractivity contribution in [2.45, 2.75) is 12.8 Å². The monoisotopic (exact) mass is 246 g/mol. The van der Waals surface area contributed by atoms with Crippen molar-refractivity contribution in [2.24, 2.45) is 0 Å². The number of halogens is 2. The molecule has 0 aromatic heterocycles. The normalized spacial score (nSPS) is 11.3. The van der Waals surface area contributed by atoms with E-state index < -0.39 is 11.7 Å². The highest BCUT2D eigenvalue weighted by molar-refractivity contribution is 5.84. The third kappa shape index (κ3) is 2.30. The van der Waals surface area contributed by atoms with E-state index in [-0.39, 0.29) is 5.56 Å². The average molecular weight is 246 g/mol. The Kier molecular flexibility index (Phi) is 3.24. The first kappa shape index (κ1) is 12.4. The number of hydrogen-bond acceptors (Lipinski definition) is 1. The molecule has 0 radical (unpaired) electrons. The average Bonchev–Trinajstić information content (AvgIpc) is 2.40. The first-order valence-electron chi connectivity index (χ1n) is 5.56. The Morgan fingerprint density at radius 3 is 1.89 bits per heavy atom. The molecule has 0 fully saturated rings. The molecule has 0 aliphatic heterocycles. The van der Waals surface area contributed by atoms with Crippen LogP contribution in [0.1, 0.15) is 12.5 Å². The summed E-state index contributed by atoms with van der Waals surface area (Å²) in [6.45, 7) is 0.894. The summed E-state index contributed by atoms with van der Waals surface area (Å²) in [5.74, 6) is -4.55. The second-order valence-corrected chi connectivity index (χ2v) is 4.07. The minimum absolute atomic E-state index is 0.269. The molecule has 0 atom stereocenters. The van der Waals surface area contributed by atoms with E-state index in [2.05, 4.69) is 0 Å². The second kappa shape index (κ2) is 4.69. The molecule has 0 amide bonds. The first-order valence-corrected chi connectivity index (χ1v) is 5.56. The van der Waals surface area contributed by atoms with E-state index in [9.17, 15) is 13.6 Å². The number of ketones is 1. The molecular weight excluding hydrogens is 234 g/mol. The zero-order chi connectivity index (χ0) is 13.2. The fourth-order valence-electron chi connectivity index (χ4n) is 1.71. The van der Waals surface area contributed by atoms with Crippen LogP contribution in [0.2, 0.25) is 0 Å². The summed E-state index contributed by atoms with van der Waals surface area (Å²) in [6.07, 6.45) is 0. The van der Waals surface area contributed by atoms with Gasteiger partial charge in [-0.25, -0.2) is 0 Å². The van der Waals surface area contributed by atoms with Crippen LogP contribution in [0.15, 0.2) is 54.6 Å². The molecule has 0 spiro atoms. The molecule has 0 aliphatic rings. The SMILES string of the molecule is CC(=O)C(F)(F)c1ccc(-c2ccccc2)cc1. The molecule has 0 unspecified atom stereocenters. The van der Waals surface area contributed by atoms with Crippen LogP contribution < -0.4 is 0 Å². The van der Waals surface area contributed by atoms with Gasteiger partial charge in [0.15, 0.2) is 0 Å². The van der Waals surface area contributed by atoms with Crippen LogP contribution in [-0.4, -0.2) is 5.78 Å². The highest BCUT2D eigenvalue weighted by Crippen LogP contribution is 2.30. The van der Waals surface area contributed by atoms with E-state index in [4.69, 9.17) is 0 Å². The lowest BCUT2D eigenvalue weighted by molar-refractivity contribution is -0.141. The number of benzene rings is 2. The highest BCUT2D eigenvalue weighted by atomic mass is 19.3. The molecule has 2 aromatic rings. The van der Waals surface area contributed by atoms with Crippen molar-refractivity contribution in [3.63, 3.8) is 0 Å². The largest absolute Gasteiger partial charge is 0.330 e. The smallest absolute Gasteiger partial charge is 0.293 e. The summed E-state index contributed by atoms with van der Waals surface area (Å²) in [6, 6.07) is 15.2. The van der Waals surface area contributed by atoms with E-state index in [1.54, 1.807) is 12.1 Å². The molecule has 0 heterocycles. The van der Waals surface area contributed by atoms with Crippen LogP contribution >= 0.6 is 0 Å². The topological polar surface area (TPSA) is 17.1 Å². The van der Waals surface area contributed by atoms with Gasteiger partial charge in [0.2, 0.25) is 5.78 Å². The summed E-state index contributed by atoms with van der Waals surface area (Å²) in [7, 11) is 0. The predicted octanol–water partition coefficient (Wildman–Crippen LogP) is 4.03. The van der Waals surface area contributed by atoms with Crippen molar-refractivity contribution in [1.82, 2.24) is 0 Å². The van der Waals surface area contributed by atoms with Crippen LogP contribution in [0.3, 0.4) is 0 Å². The van der Waals surface area contributed by atoms with E-state index in [0.717, 1.165) is 18.1 Å². The molecule has 0 saturated carbocycles. The van der Waals surface area contributed by atoms with Gasteiger partial charge in [-0.3, -0.25) is 4.79 Å². The molecule has 0 bridgehead atoms. The standard InChI is InChI=1S/C15H12F2O/c1-11(18)15(16,17)14-9-7-13(8-10-14)12-5-3-2-4-6-12/h2-10H,1H3. The summed E-state index contributed by atoms with van der Waals surface area (Å²) in [5, 5.41) is 0. The summed E-state index contributed by atoms with van der Waals surface area (Å²) in [4.78, 5) is 10.9. The van der Waals surface area contributed by atoms with Gasteiger partial charge in [-0.15, -0.1) is 0 Å². The zero-order valence-corrected chi connectivity index (χ0v) is 9.86. The van der Waals surface area contributed by atoms with E-state index in [0.29, 0.717) is 0 Å². The van der Waals surface area contributed by atoms with E-state index in [1.165, 1.54) is 12.1 Å². The molecule has 0 N–H and O–H groups in total. The van der Waals surface area contributed by atoms with Crippen molar-refractivity contribution < 1.29 is 13.6 Å². The van der Waals surface area contributed by atoms with Crippen molar-refractivity contribution >= 4 is 5.78 Å². The molecular formula is C15H12F2O. The van der Waals surface area contributed by atoms with Crippen LogP contribution in [-0.2, 0) is 10.7 Å². The lowest BCUT2D eigenvalue weighted by atomic mass is 10.00. The summed E-state index contributed by atoms with van der Waals surface area (Å²) >= 11 is 0. The van der Waals surface area contributed by atoms with Crippen LogP contribution in [0.4, 0.5) is 8.78 Å². The Morgan fingerprint density at radius 2 is 1.39 bits per heavy atom. The maximum absolute atomic E-state index is 13.5. The first-order chi connectivity index (χ1) is 8.51. The summed E-state index contributed by atoms with van der Waals surface area (Å²) in [5.41, 5.74) is 1.53. The Labute approximate surface area is 104 Å². The molecule has 0 saturated heterocycles. The fraction of sp³-hybridized carbons (Fsp3) is 0.133. The maximum Gasteiger partial charge on any atom is 0.330 e. The molecule has 2 rings (SSSR count). The van der Waals surface area contributed by atoms with Gasteiger partial charge in [0.1, 0.15) is 0 Å². The molecule has 2 aromatic carbocycles. The molecule has 18 heavy (non-hydrogen) atoms. The molecule has 92 valence electrons. The lowest BCUT2D eigenvalue weighted by Crippen LogP contribution is -2.22. The molecule has 3 heteroatoms. The minimum atomic E-state index is -3.41. The van der Waals surface area contributed by atoms with Crippen molar-refractivity contribution in [3.8, 4) is 11.1 Å². The lowest BCUT2D eigenvalue weighted by Gasteiger charge is -2.13. The number of carbonyl (C=O) groups excluding carboxylic acids is 1. The Balaban J connectivity index is 2.35. The van der Waals surface area contributed by atoms with Gasteiger partial charge in [-0.2, -0.15) is 8.78 Å². The van der Waals surface area contributed by atoms with Gasteiger partial charge in [0.25, 0.3) is 0 Å². The predicted molar refractivity (Wildman–Crippen MR) is 66.5 cm³/mol. The number of Topliss-reactive ketones (excluding diaryl/α,β-unsaturated/α-hetero) is 1. The second-order valence-electron chi connectivity index (χ2n) is 4.07. The van der Waals surface area contributed by atoms with Crippen molar-refractivity contribution in [3.05, 3.63) is 60.2 Å². The van der Waals surface area contributed by atoms with Crippen molar-refractivity contribution in [1.29, 1.82) is 0 Å². The number of rotatable bonds is 3.